The Morgan fingerprint density at radius 2 is 1.88 bits per heavy atom. The number of ether oxygens (including phenoxy) is 2. The molecule has 2 aromatic carbocycles. The second kappa shape index (κ2) is 6.56. The lowest BCUT2D eigenvalue weighted by Gasteiger charge is -2.13. The summed E-state index contributed by atoms with van der Waals surface area (Å²) in [5, 5.41) is 5.91. The standard InChI is InChI=1S/C16H13F3N2O2S/c17-16(18,19)11-2-1-3-12(7-11)21-15(24)20-8-10-4-5-13-14(6-10)23-9-22-13/h1-7H,8-9H2,(H2,20,21,24). The van der Waals surface area contributed by atoms with E-state index in [4.69, 9.17) is 21.7 Å². The molecular formula is C16H13F3N2O2S. The minimum Gasteiger partial charge on any atom is -0.454 e. The maximum atomic E-state index is 12.7. The number of thiocarbonyl (C=S) groups is 1. The highest BCUT2D eigenvalue weighted by Gasteiger charge is 2.30. The number of rotatable bonds is 3. The summed E-state index contributed by atoms with van der Waals surface area (Å²) in [6, 6.07) is 10.3. The number of nitrogens with one attached hydrogen (secondary N) is 2. The zero-order chi connectivity index (χ0) is 17.2. The van der Waals surface area contributed by atoms with Gasteiger partial charge in [-0.15, -0.1) is 0 Å². The second-order valence-electron chi connectivity index (χ2n) is 5.07. The Kier molecular flexibility index (Phi) is 4.48. The smallest absolute Gasteiger partial charge is 0.416 e. The summed E-state index contributed by atoms with van der Waals surface area (Å²) in [7, 11) is 0. The molecule has 0 spiro atoms. The molecule has 0 aromatic heterocycles. The first-order chi connectivity index (χ1) is 11.4. The molecule has 2 aromatic rings. The van der Waals surface area contributed by atoms with E-state index in [1.165, 1.54) is 12.1 Å². The molecule has 1 heterocycles. The van der Waals surface area contributed by atoms with Gasteiger partial charge in [-0.2, -0.15) is 13.2 Å². The highest BCUT2D eigenvalue weighted by molar-refractivity contribution is 7.80. The third-order valence-corrected chi connectivity index (χ3v) is 3.58. The molecule has 2 N–H and O–H groups in total. The normalized spacial score (nSPS) is 12.8. The molecule has 1 aliphatic heterocycles. The third kappa shape index (κ3) is 3.88. The number of halogens is 3. The van der Waals surface area contributed by atoms with Crippen molar-refractivity contribution in [2.75, 3.05) is 12.1 Å². The van der Waals surface area contributed by atoms with Gasteiger partial charge in [0.05, 0.1) is 5.56 Å². The Morgan fingerprint density at radius 1 is 1.08 bits per heavy atom. The second-order valence-corrected chi connectivity index (χ2v) is 5.48. The minimum atomic E-state index is -4.39. The Morgan fingerprint density at radius 3 is 2.67 bits per heavy atom. The largest absolute Gasteiger partial charge is 0.454 e. The van der Waals surface area contributed by atoms with Crippen molar-refractivity contribution in [2.45, 2.75) is 12.7 Å². The van der Waals surface area contributed by atoms with Crippen molar-refractivity contribution in [1.82, 2.24) is 5.32 Å². The van der Waals surface area contributed by atoms with E-state index in [1.54, 1.807) is 6.07 Å². The number of hydrogen-bond donors (Lipinski definition) is 2. The number of fused-ring (bicyclic) bond motifs is 1. The van der Waals surface area contributed by atoms with E-state index in [1.807, 2.05) is 12.1 Å². The van der Waals surface area contributed by atoms with Crippen LogP contribution in [0.15, 0.2) is 42.5 Å². The van der Waals surface area contributed by atoms with E-state index in [-0.39, 0.29) is 17.6 Å². The van der Waals surface area contributed by atoms with Crippen LogP contribution in [0, 0.1) is 0 Å². The molecule has 0 fully saturated rings. The summed E-state index contributed by atoms with van der Waals surface area (Å²) in [5.74, 6) is 1.34. The van der Waals surface area contributed by atoms with Gasteiger partial charge in [-0.05, 0) is 48.1 Å². The van der Waals surface area contributed by atoms with Crippen molar-refractivity contribution < 1.29 is 22.6 Å². The molecule has 0 bridgehead atoms. The van der Waals surface area contributed by atoms with Gasteiger partial charge in [0.15, 0.2) is 16.6 Å². The third-order valence-electron chi connectivity index (χ3n) is 3.34. The lowest BCUT2D eigenvalue weighted by molar-refractivity contribution is -0.137. The molecule has 8 heteroatoms. The van der Waals surface area contributed by atoms with Crippen molar-refractivity contribution in [3.63, 3.8) is 0 Å². The van der Waals surface area contributed by atoms with E-state index in [9.17, 15) is 13.2 Å². The average Bonchev–Trinajstić information content (AvgIpc) is 3.00. The summed E-state index contributed by atoms with van der Waals surface area (Å²) in [6.45, 7) is 0.600. The lowest BCUT2D eigenvalue weighted by atomic mass is 10.2. The quantitative estimate of drug-likeness (QED) is 0.818. The van der Waals surface area contributed by atoms with Crippen LogP contribution in [0.2, 0.25) is 0 Å². The van der Waals surface area contributed by atoms with Gasteiger partial charge in [0.1, 0.15) is 0 Å². The van der Waals surface area contributed by atoms with Gasteiger partial charge in [-0.1, -0.05) is 12.1 Å². The van der Waals surface area contributed by atoms with Crippen LogP contribution >= 0.6 is 12.2 Å². The first kappa shape index (κ1) is 16.4. The Labute approximate surface area is 141 Å². The van der Waals surface area contributed by atoms with Gasteiger partial charge < -0.3 is 20.1 Å². The molecule has 0 saturated heterocycles. The van der Waals surface area contributed by atoms with Gasteiger partial charge in [0, 0.05) is 12.2 Å². The molecule has 126 valence electrons. The first-order valence-electron chi connectivity index (χ1n) is 7.02. The lowest BCUT2D eigenvalue weighted by Crippen LogP contribution is -2.28. The number of anilines is 1. The fourth-order valence-corrected chi connectivity index (χ4v) is 2.37. The molecule has 1 aliphatic rings. The Hall–Kier alpha value is -2.48. The van der Waals surface area contributed by atoms with Crippen molar-refractivity contribution in [3.05, 3.63) is 53.6 Å². The Bertz CT molecular complexity index is 765. The Balaban J connectivity index is 1.58. The zero-order valence-corrected chi connectivity index (χ0v) is 13.1. The highest BCUT2D eigenvalue weighted by atomic mass is 32.1. The summed E-state index contributed by atoms with van der Waals surface area (Å²) in [5.41, 5.74) is 0.450. The molecule has 4 nitrogen and oxygen atoms in total. The van der Waals surface area contributed by atoms with Crippen LogP contribution in [0.4, 0.5) is 18.9 Å². The number of hydrogen-bond acceptors (Lipinski definition) is 3. The van der Waals surface area contributed by atoms with E-state index in [0.717, 1.165) is 17.7 Å². The van der Waals surface area contributed by atoms with Gasteiger partial charge in [0.2, 0.25) is 6.79 Å². The maximum absolute atomic E-state index is 12.7. The van der Waals surface area contributed by atoms with Gasteiger partial charge >= 0.3 is 6.18 Å². The zero-order valence-electron chi connectivity index (χ0n) is 12.3. The fraction of sp³-hybridized carbons (Fsp3) is 0.188. The van der Waals surface area contributed by atoms with Crippen LogP contribution in [0.3, 0.4) is 0 Å². The molecule has 24 heavy (non-hydrogen) atoms. The van der Waals surface area contributed by atoms with Crippen molar-refractivity contribution >= 4 is 23.0 Å². The fourth-order valence-electron chi connectivity index (χ4n) is 2.18. The highest BCUT2D eigenvalue weighted by Crippen LogP contribution is 2.32. The van der Waals surface area contributed by atoms with Crippen LogP contribution in [0.25, 0.3) is 0 Å². The molecule has 0 unspecified atom stereocenters. The summed E-state index contributed by atoms with van der Waals surface area (Å²) in [6.07, 6.45) is -4.39. The minimum absolute atomic E-state index is 0.196. The van der Waals surface area contributed by atoms with Crippen molar-refractivity contribution in [3.8, 4) is 11.5 Å². The van der Waals surface area contributed by atoms with E-state index in [2.05, 4.69) is 10.6 Å². The number of benzene rings is 2. The summed E-state index contributed by atoms with van der Waals surface area (Å²) >= 11 is 5.11. The van der Waals surface area contributed by atoms with Crippen LogP contribution in [-0.2, 0) is 12.7 Å². The van der Waals surface area contributed by atoms with Gasteiger partial charge in [0.25, 0.3) is 0 Å². The first-order valence-corrected chi connectivity index (χ1v) is 7.43. The van der Waals surface area contributed by atoms with E-state index < -0.39 is 11.7 Å². The summed E-state index contributed by atoms with van der Waals surface area (Å²) in [4.78, 5) is 0. The molecular weight excluding hydrogens is 341 g/mol. The van der Waals surface area contributed by atoms with Gasteiger partial charge in [-0.3, -0.25) is 0 Å². The van der Waals surface area contributed by atoms with Crippen molar-refractivity contribution in [1.29, 1.82) is 0 Å². The summed E-state index contributed by atoms with van der Waals surface area (Å²) < 4.78 is 48.6. The maximum Gasteiger partial charge on any atom is 0.416 e. The SMILES string of the molecule is FC(F)(F)c1cccc(NC(=S)NCc2ccc3c(c2)OCO3)c1. The predicted molar refractivity (Wildman–Crippen MR) is 87.1 cm³/mol. The van der Waals surface area contributed by atoms with Crippen LogP contribution in [0.1, 0.15) is 11.1 Å². The topological polar surface area (TPSA) is 42.5 Å². The van der Waals surface area contributed by atoms with Crippen LogP contribution in [0.5, 0.6) is 11.5 Å². The van der Waals surface area contributed by atoms with Crippen LogP contribution < -0.4 is 20.1 Å². The van der Waals surface area contributed by atoms with Crippen LogP contribution in [-0.4, -0.2) is 11.9 Å². The van der Waals surface area contributed by atoms with Crippen molar-refractivity contribution in [2.24, 2.45) is 0 Å². The number of alkyl halides is 3. The molecule has 3 rings (SSSR count). The van der Waals surface area contributed by atoms with E-state index in [0.29, 0.717) is 18.0 Å². The molecule has 0 radical (unpaired) electrons. The monoisotopic (exact) mass is 354 g/mol. The molecule has 0 amide bonds. The van der Waals surface area contributed by atoms with Gasteiger partial charge in [-0.25, -0.2) is 0 Å². The molecule has 0 saturated carbocycles. The van der Waals surface area contributed by atoms with E-state index >= 15 is 0 Å². The predicted octanol–water partition coefficient (Wildman–Crippen LogP) is 3.92. The molecule has 0 atom stereocenters. The molecule has 0 aliphatic carbocycles. The average molecular weight is 354 g/mol.